The Kier molecular flexibility index (Phi) is 35.3. The number of aliphatic hydroxyl groups is 4. The molecule has 1 aliphatic carbocycles. The number of hydrogen-bond donors (Lipinski definition) is 7. The van der Waals surface area contributed by atoms with Crippen LogP contribution in [0.25, 0.3) is 0 Å². The van der Waals surface area contributed by atoms with Crippen molar-refractivity contribution in [3.05, 3.63) is 72.9 Å². The number of carbonyl (C=O) groups excluding carboxylic acids is 2. The molecule has 0 spiro atoms. The number of ether oxygens (including phenoxy) is 3. The summed E-state index contributed by atoms with van der Waals surface area (Å²) in [5.41, 5.74) is 0. The normalized spacial score (nSPS) is 24.3. The van der Waals surface area contributed by atoms with Gasteiger partial charge in [0, 0.05) is 12.8 Å². The number of carbonyl (C=O) groups is 2. The predicted molar refractivity (Wildman–Crippen MR) is 273 cm³/mol. The zero-order valence-corrected chi connectivity index (χ0v) is 44.1. The first kappa shape index (κ1) is 64.5. The Morgan fingerprint density at radius 1 is 0.507 bits per heavy atom. The highest BCUT2D eigenvalue weighted by atomic mass is 31.2. The lowest BCUT2D eigenvalue weighted by Crippen LogP contribution is -2.64. The minimum absolute atomic E-state index is 0.0108. The molecule has 408 valence electrons. The van der Waals surface area contributed by atoms with Crippen LogP contribution in [-0.4, -0.2) is 115 Å². The fourth-order valence-corrected chi connectivity index (χ4v) is 9.25. The number of aliphatic hydroxyl groups excluding tert-OH is 4. The average molecular weight is 1050 g/mol. The molecule has 1 saturated carbocycles. The smallest absolute Gasteiger partial charge is 0.462 e. The Hall–Kier alpha value is -2.60. The van der Waals surface area contributed by atoms with Gasteiger partial charge in [-0.05, 0) is 89.9 Å². The van der Waals surface area contributed by atoms with Crippen LogP contribution < -0.4 is 0 Å². The number of esters is 2. The molecule has 0 amide bonds. The number of hydrogen-bond acceptors (Lipinski definition) is 14. The van der Waals surface area contributed by atoms with Crippen LogP contribution in [-0.2, 0) is 46.5 Å². The first-order valence-electron chi connectivity index (χ1n) is 26.1. The summed E-state index contributed by atoms with van der Waals surface area (Å²) in [7, 11) is -10.7. The summed E-state index contributed by atoms with van der Waals surface area (Å²) in [5, 5.41) is 41.3. The maximum atomic E-state index is 13.0. The van der Waals surface area contributed by atoms with Gasteiger partial charge in [0.2, 0.25) is 0 Å². The summed E-state index contributed by atoms with van der Waals surface area (Å²) in [5.74, 6) is -1.30. The maximum absolute atomic E-state index is 13.0. The zero-order chi connectivity index (χ0) is 52.2. The quantitative estimate of drug-likeness (QED) is 0.00985. The largest absolute Gasteiger partial charge is 0.472 e. The molecule has 1 saturated heterocycles. The van der Waals surface area contributed by atoms with Gasteiger partial charge < -0.3 is 49.3 Å². The standard InChI is InChI=1S/C52H88O17P2/c1-3-5-7-9-11-13-14-15-16-17-18-19-20-21-22-23-25-27-29-35-39-46(54)66-42(41-65-71(62,63)69-52-49(57)47(55)48(56)51(50(52)58)68-70(59,60)61)40-64-45(53)38-34-31-30-33-37-44-43(67-44)36-32-28-26-24-12-10-8-6-4-2/h12-14,16-17,19-20,24,28,30,32-33,42-44,47-52,55-58H,3-11,15,18,21-23,25-27,29,31,34-41H2,1-2H3,(H,62,63)(H2,59,60,61)/b14-13-,17-16-,20-19-,24-12-,32-28-,33-30-/t42-,43?,44?,47?,48?,49?,50?,51-,52+/m1/s1. The Bertz CT molecular complexity index is 1710. The molecule has 19 heteroatoms. The SMILES string of the molecule is CCCCC/C=C\C/C=C\CC1OC1C/C=C\CCCC(=O)OC[C@H](COP(=O)(O)O[C@H]1C(O)C(O)C(O)[C@@H](OP(=O)(O)O)C1O)OC(=O)CCCCCCCC/C=C\C/C=C\C/C=C\CCCCCC. The van der Waals surface area contributed by atoms with Gasteiger partial charge in [0.25, 0.3) is 0 Å². The van der Waals surface area contributed by atoms with Gasteiger partial charge in [-0.25, -0.2) is 9.13 Å². The van der Waals surface area contributed by atoms with E-state index in [0.29, 0.717) is 19.3 Å². The van der Waals surface area contributed by atoms with Gasteiger partial charge in [-0.3, -0.25) is 23.2 Å². The molecule has 7 unspecified atom stereocenters. The lowest BCUT2D eigenvalue weighted by atomic mass is 9.85. The number of allylic oxidation sites excluding steroid dienone is 10. The van der Waals surface area contributed by atoms with Crippen molar-refractivity contribution < 1.29 is 81.6 Å². The van der Waals surface area contributed by atoms with E-state index in [1.165, 1.54) is 44.9 Å². The second kappa shape index (κ2) is 38.9. The molecule has 2 fully saturated rings. The Morgan fingerprint density at radius 3 is 1.52 bits per heavy atom. The summed E-state index contributed by atoms with van der Waals surface area (Å²) in [6, 6.07) is 0. The summed E-state index contributed by atoms with van der Waals surface area (Å²) < 4.78 is 55.2. The van der Waals surface area contributed by atoms with Crippen molar-refractivity contribution in [1.29, 1.82) is 0 Å². The first-order valence-corrected chi connectivity index (χ1v) is 29.1. The minimum Gasteiger partial charge on any atom is -0.462 e. The van der Waals surface area contributed by atoms with Gasteiger partial charge in [0.15, 0.2) is 6.10 Å². The van der Waals surface area contributed by atoms with Crippen molar-refractivity contribution in [2.24, 2.45) is 0 Å². The molecule has 7 N–H and O–H groups in total. The van der Waals surface area contributed by atoms with Crippen molar-refractivity contribution in [1.82, 2.24) is 0 Å². The van der Waals surface area contributed by atoms with Crippen molar-refractivity contribution in [2.45, 2.75) is 229 Å². The van der Waals surface area contributed by atoms with E-state index in [0.717, 1.165) is 83.5 Å². The van der Waals surface area contributed by atoms with Gasteiger partial charge in [-0.1, -0.05) is 145 Å². The van der Waals surface area contributed by atoms with Gasteiger partial charge in [0.05, 0.1) is 18.8 Å². The van der Waals surface area contributed by atoms with Crippen molar-refractivity contribution in [3.8, 4) is 0 Å². The summed E-state index contributed by atoms with van der Waals surface area (Å²) in [4.78, 5) is 54.5. The van der Waals surface area contributed by atoms with Crippen LogP contribution in [0.3, 0.4) is 0 Å². The molecule has 0 aromatic heterocycles. The summed E-state index contributed by atoms with van der Waals surface area (Å²) in [6.07, 6.45) is 34.4. The lowest BCUT2D eigenvalue weighted by molar-refractivity contribution is -0.216. The Balaban J connectivity index is 1.79. The fourth-order valence-electron chi connectivity index (χ4n) is 7.71. The molecule has 1 aliphatic heterocycles. The molecule has 17 nitrogen and oxygen atoms in total. The van der Waals surface area contributed by atoms with E-state index in [-0.39, 0.29) is 25.0 Å². The van der Waals surface area contributed by atoms with Crippen molar-refractivity contribution in [2.75, 3.05) is 13.2 Å². The molecule has 2 rings (SSSR count). The Morgan fingerprint density at radius 2 is 0.944 bits per heavy atom. The van der Waals surface area contributed by atoms with E-state index in [9.17, 15) is 53.8 Å². The van der Waals surface area contributed by atoms with Crippen molar-refractivity contribution >= 4 is 27.6 Å². The second-order valence-corrected chi connectivity index (χ2v) is 20.9. The molecule has 0 radical (unpaired) electrons. The molecular weight excluding hydrogens is 959 g/mol. The minimum atomic E-state index is -5.38. The number of unbranched alkanes of at least 4 members (excludes halogenated alkanes) is 14. The van der Waals surface area contributed by atoms with Gasteiger partial charge in [0.1, 0.15) is 43.2 Å². The fraction of sp³-hybridized carbons (Fsp3) is 0.731. The third kappa shape index (κ3) is 32.3. The molecule has 10 atom stereocenters. The van der Waals surface area contributed by atoms with Crippen LogP contribution in [0.1, 0.15) is 174 Å². The van der Waals surface area contributed by atoms with E-state index >= 15 is 0 Å². The van der Waals surface area contributed by atoms with Gasteiger partial charge in [-0.15, -0.1) is 0 Å². The highest BCUT2D eigenvalue weighted by molar-refractivity contribution is 7.47. The number of rotatable bonds is 42. The second-order valence-electron chi connectivity index (χ2n) is 18.3. The molecular formula is C52H88O17P2. The van der Waals surface area contributed by atoms with E-state index in [1.54, 1.807) is 0 Å². The van der Waals surface area contributed by atoms with Crippen LogP contribution >= 0.6 is 15.6 Å². The molecule has 0 aromatic rings. The van der Waals surface area contributed by atoms with Gasteiger partial charge in [-0.2, -0.15) is 0 Å². The molecule has 71 heavy (non-hydrogen) atoms. The topological polar surface area (TPSA) is 269 Å². The number of phosphoric ester groups is 2. The van der Waals surface area contributed by atoms with Crippen LogP contribution in [0.2, 0.25) is 0 Å². The Labute approximate surface area is 423 Å². The van der Waals surface area contributed by atoms with Gasteiger partial charge >= 0.3 is 27.6 Å². The molecule has 0 aromatic carbocycles. The van der Waals surface area contributed by atoms with Crippen molar-refractivity contribution in [3.63, 3.8) is 0 Å². The highest BCUT2D eigenvalue weighted by Gasteiger charge is 2.54. The predicted octanol–water partition coefficient (Wildman–Crippen LogP) is 9.78. The summed E-state index contributed by atoms with van der Waals surface area (Å²) in [6.45, 7) is 3.00. The third-order valence-electron chi connectivity index (χ3n) is 11.9. The van der Waals surface area contributed by atoms with Crippen LogP contribution in [0.15, 0.2) is 72.9 Å². The molecule has 1 heterocycles. The van der Waals surface area contributed by atoms with E-state index < -0.39 is 83.5 Å². The monoisotopic (exact) mass is 1050 g/mol. The number of phosphoric acid groups is 2. The van der Waals surface area contributed by atoms with Crippen LogP contribution in [0.4, 0.5) is 0 Å². The van der Waals surface area contributed by atoms with Crippen LogP contribution in [0, 0.1) is 0 Å². The summed E-state index contributed by atoms with van der Waals surface area (Å²) >= 11 is 0. The number of epoxide rings is 1. The lowest BCUT2D eigenvalue weighted by Gasteiger charge is -2.43. The van der Waals surface area contributed by atoms with E-state index in [4.69, 9.17) is 23.3 Å². The highest BCUT2D eigenvalue weighted by Crippen LogP contribution is 2.49. The zero-order valence-electron chi connectivity index (χ0n) is 42.3. The first-order chi connectivity index (χ1) is 34.1. The molecule has 0 bridgehead atoms. The average Bonchev–Trinajstić information content (AvgIpc) is 4.09. The van der Waals surface area contributed by atoms with E-state index in [1.807, 2.05) is 12.2 Å². The van der Waals surface area contributed by atoms with Crippen LogP contribution in [0.5, 0.6) is 0 Å². The maximum Gasteiger partial charge on any atom is 0.472 e. The third-order valence-corrected chi connectivity index (χ3v) is 13.4. The van der Waals surface area contributed by atoms with E-state index in [2.05, 4.69) is 79.1 Å². The molecule has 2 aliphatic rings.